The van der Waals surface area contributed by atoms with Crippen LogP contribution in [0.2, 0.25) is 0 Å². The summed E-state index contributed by atoms with van der Waals surface area (Å²) in [5, 5.41) is 13.0. The quantitative estimate of drug-likeness (QED) is 0.567. The van der Waals surface area contributed by atoms with Crippen LogP contribution in [0.15, 0.2) is 0 Å². The average molecular weight is 274 g/mol. The number of nitrogens with one attached hydrogen (secondary N) is 1. The van der Waals surface area contributed by atoms with Crippen molar-refractivity contribution in [2.75, 3.05) is 53.0 Å². The van der Waals surface area contributed by atoms with E-state index in [1.165, 1.54) is 32.4 Å². The summed E-state index contributed by atoms with van der Waals surface area (Å²) in [7, 11) is 1.65. The minimum Gasteiger partial charge on any atom is -0.389 e. The van der Waals surface area contributed by atoms with Crippen molar-refractivity contribution in [2.24, 2.45) is 0 Å². The molecular weight excluding hydrogens is 244 g/mol. The lowest BCUT2D eigenvalue weighted by Gasteiger charge is -2.26. The van der Waals surface area contributed by atoms with E-state index in [1.54, 1.807) is 7.11 Å². The van der Waals surface area contributed by atoms with Crippen molar-refractivity contribution in [1.29, 1.82) is 0 Å². The van der Waals surface area contributed by atoms with Gasteiger partial charge in [0.2, 0.25) is 0 Å². The Bertz CT molecular complexity index is 211. The van der Waals surface area contributed by atoms with Gasteiger partial charge in [-0.3, -0.25) is 0 Å². The lowest BCUT2D eigenvalue weighted by Crippen LogP contribution is -2.39. The molecule has 114 valence electrons. The van der Waals surface area contributed by atoms with Crippen LogP contribution >= 0.6 is 0 Å². The number of hydrogen-bond donors (Lipinski definition) is 2. The van der Waals surface area contributed by atoms with Gasteiger partial charge in [0.05, 0.1) is 25.4 Å². The van der Waals surface area contributed by atoms with E-state index in [0.29, 0.717) is 19.8 Å². The highest BCUT2D eigenvalue weighted by Crippen LogP contribution is 2.07. The van der Waals surface area contributed by atoms with Gasteiger partial charge in [-0.25, -0.2) is 0 Å². The molecule has 2 atom stereocenters. The summed E-state index contributed by atoms with van der Waals surface area (Å²) in [6.07, 6.45) is 3.62. The molecule has 1 heterocycles. The Hall–Kier alpha value is -0.200. The van der Waals surface area contributed by atoms with Crippen LogP contribution in [0, 0.1) is 0 Å². The van der Waals surface area contributed by atoms with Crippen molar-refractivity contribution >= 4 is 0 Å². The van der Waals surface area contributed by atoms with Gasteiger partial charge in [-0.15, -0.1) is 0 Å². The molecule has 1 rings (SSSR count). The zero-order valence-electron chi connectivity index (χ0n) is 12.4. The summed E-state index contributed by atoms with van der Waals surface area (Å²) in [5.41, 5.74) is 0. The maximum absolute atomic E-state index is 9.76. The highest BCUT2D eigenvalue weighted by molar-refractivity contribution is 4.66. The summed E-state index contributed by atoms with van der Waals surface area (Å²) in [6.45, 7) is 7.92. The van der Waals surface area contributed by atoms with E-state index in [0.717, 1.165) is 13.1 Å². The standard InChI is InChI=1S/C14H30N2O3/c1-13(11-18-2)19-12-14(17)10-15-6-9-16-7-4-3-5-8-16/h13-15,17H,3-12H2,1-2H3. The molecule has 0 amide bonds. The fourth-order valence-corrected chi connectivity index (χ4v) is 2.31. The third-order valence-corrected chi connectivity index (χ3v) is 3.41. The van der Waals surface area contributed by atoms with Gasteiger partial charge >= 0.3 is 0 Å². The number of ether oxygens (including phenoxy) is 2. The van der Waals surface area contributed by atoms with Gasteiger partial charge in [-0.2, -0.15) is 0 Å². The summed E-state index contributed by atoms with van der Waals surface area (Å²) >= 11 is 0. The number of methoxy groups -OCH3 is 1. The van der Waals surface area contributed by atoms with Gasteiger partial charge in [-0.1, -0.05) is 6.42 Å². The number of aliphatic hydroxyl groups is 1. The number of piperidine rings is 1. The molecular formula is C14H30N2O3. The first-order valence-electron chi connectivity index (χ1n) is 7.44. The Morgan fingerprint density at radius 2 is 1.95 bits per heavy atom. The van der Waals surface area contributed by atoms with Crippen molar-refractivity contribution in [2.45, 2.75) is 38.4 Å². The SMILES string of the molecule is COCC(C)OCC(O)CNCCN1CCCCC1. The highest BCUT2D eigenvalue weighted by Gasteiger charge is 2.10. The fourth-order valence-electron chi connectivity index (χ4n) is 2.31. The van der Waals surface area contributed by atoms with Crippen LogP contribution in [-0.2, 0) is 9.47 Å². The van der Waals surface area contributed by atoms with Crippen molar-refractivity contribution in [3.63, 3.8) is 0 Å². The first kappa shape index (κ1) is 16.9. The van der Waals surface area contributed by atoms with E-state index < -0.39 is 6.10 Å². The van der Waals surface area contributed by atoms with E-state index in [9.17, 15) is 5.11 Å². The Labute approximate surface area is 117 Å². The molecule has 1 aliphatic heterocycles. The Morgan fingerprint density at radius 3 is 2.63 bits per heavy atom. The molecule has 0 aromatic rings. The van der Waals surface area contributed by atoms with E-state index in [2.05, 4.69) is 10.2 Å². The Kier molecular flexibility index (Phi) is 9.38. The van der Waals surface area contributed by atoms with E-state index in [1.807, 2.05) is 6.92 Å². The molecule has 0 aromatic carbocycles. The van der Waals surface area contributed by atoms with Gasteiger partial charge in [0.25, 0.3) is 0 Å². The van der Waals surface area contributed by atoms with Crippen LogP contribution in [0.25, 0.3) is 0 Å². The maximum atomic E-state index is 9.76. The molecule has 0 aromatic heterocycles. The molecule has 2 N–H and O–H groups in total. The molecule has 5 heteroatoms. The molecule has 0 bridgehead atoms. The number of nitrogens with zero attached hydrogens (tertiary/aromatic N) is 1. The molecule has 1 aliphatic rings. The fraction of sp³-hybridized carbons (Fsp3) is 1.00. The topological polar surface area (TPSA) is 54.0 Å². The number of rotatable bonds is 10. The second-order valence-corrected chi connectivity index (χ2v) is 5.36. The first-order chi connectivity index (χ1) is 9.22. The van der Waals surface area contributed by atoms with Crippen molar-refractivity contribution < 1.29 is 14.6 Å². The molecule has 0 spiro atoms. The first-order valence-corrected chi connectivity index (χ1v) is 7.44. The number of aliphatic hydroxyl groups excluding tert-OH is 1. The van der Waals surface area contributed by atoms with E-state index in [-0.39, 0.29) is 6.10 Å². The van der Waals surface area contributed by atoms with Crippen LogP contribution in [0.1, 0.15) is 26.2 Å². The van der Waals surface area contributed by atoms with Gasteiger partial charge in [0, 0.05) is 26.7 Å². The molecule has 1 saturated heterocycles. The second-order valence-electron chi connectivity index (χ2n) is 5.36. The molecule has 0 aliphatic carbocycles. The van der Waals surface area contributed by atoms with Crippen molar-refractivity contribution in [1.82, 2.24) is 10.2 Å². The van der Waals surface area contributed by atoms with Crippen LogP contribution in [0.5, 0.6) is 0 Å². The average Bonchev–Trinajstić information content (AvgIpc) is 2.43. The molecule has 0 radical (unpaired) electrons. The Balaban J connectivity index is 1.93. The lowest BCUT2D eigenvalue weighted by molar-refractivity contribution is -0.0311. The molecule has 19 heavy (non-hydrogen) atoms. The number of likely N-dealkylation sites (tertiary alicyclic amines) is 1. The van der Waals surface area contributed by atoms with Crippen LogP contribution < -0.4 is 5.32 Å². The van der Waals surface area contributed by atoms with E-state index in [4.69, 9.17) is 9.47 Å². The van der Waals surface area contributed by atoms with E-state index >= 15 is 0 Å². The molecule has 2 unspecified atom stereocenters. The minimum atomic E-state index is -0.444. The summed E-state index contributed by atoms with van der Waals surface area (Å²) in [4.78, 5) is 2.49. The Morgan fingerprint density at radius 1 is 1.21 bits per heavy atom. The normalized spacial score (nSPS) is 20.4. The van der Waals surface area contributed by atoms with Crippen LogP contribution in [0.4, 0.5) is 0 Å². The third-order valence-electron chi connectivity index (χ3n) is 3.41. The van der Waals surface area contributed by atoms with Crippen LogP contribution in [0.3, 0.4) is 0 Å². The van der Waals surface area contributed by atoms with Gasteiger partial charge in [0.15, 0.2) is 0 Å². The predicted octanol–water partition coefficient (Wildman–Crippen LogP) is 0.474. The molecule has 1 fully saturated rings. The molecule has 0 saturated carbocycles. The minimum absolute atomic E-state index is 0.0352. The molecule has 5 nitrogen and oxygen atoms in total. The summed E-state index contributed by atoms with van der Waals surface area (Å²) in [5.74, 6) is 0. The van der Waals surface area contributed by atoms with Crippen molar-refractivity contribution in [3.05, 3.63) is 0 Å². The second kappa shape index (κ2) is 10.6. The zero-order valence-corrected chi connectivity index (χ0v) is 12.4. The van der Waals surface area contributed by atoms with Gasteiger partial charge < -0.3 is 24.8 Å². The lowest BCUT2D eigenvalue weighted by atomic mass is 10.1. The highest BCUT2D eigenvalue weighted by atomic mass is 16.5. The van der Waals surface area contributed by atoms with Crippen LogP contribution in [-0.4, -0.2) is 75.3 Å². The van der Waals surface area contributed by atoms with Crippen molar-refractivity contribution in [3.8, 4) is 0 Å². The monoisotopic (exact) mass is 274 g/mol. The van der Waals surface area contributed by atoms with Gasteiger partial charge in [-0.05, 0) is 32.9 Å². The zero-order chi connectivity index (χ0) is 13.9. The summed E-state index contributed by atoms with van der Waals surface area (Å²) < 4.78 is 10.4. The summed E-state index contributed by atoms with van der Waals surface area (Å²) in [6, 6.07) is 0. The third kappa shape index (κ3) is 8.55. The predicted molar refractivity (Wildman–Crippen MR) is 76.5 cm³/mol. The van der Waals surface area contributed by atoms with Gasteiger partial charge in [0.1, 0.15) is 0 Å². The maximum Gasteiger partial charge on any atom is 0.0897 e. The smallest absolute Gasteiger partial charge is 0.0897 e. The largest absolute Gasteiger partial charge is 0.389 e. The number of hydrogen-bond acceptors (Lipinski definition) is 5.